The van der Waals surface area contributed by atoms with Crippen molar-refractivity contribution in [3.8, 4) is 6.07 Å². The first-order valence-corrected chi connectivity index (χ1v) is 8.13. The van der Waals surface area contributed by atoms with Crippen LogP contribution in [0, 0.1) is 11.3 Å². The number of nitrogens with zero attached hydrogens (tertiary/aromatic N) is 1. The van der Waals surface area contributed by atoms with Crippen LogP contribution in [0.25, 0.3) is 0 Å². The molecule has 3 atom stereocenters. The Morgan fingerprint density at radius 2 is 1.83 bits per heavy atom. The molecule has 23 heavy (non-hydrogen) atoms. The summed E-state index contributed by atoms with van der Waals surface area (Å²) in [6, 6.07) is 22.9. The quantitative estimate of drug-likeness (QED) is 0.878. The fraction of sp³-hybridized carbons (Fsp3) is 0.350. The summed E-state index contributed by atoms with van der Waals surface area (Å²) < 4.78 is 6.02. The second-order valence-corrected chi connectivity index (χ2v) is 6.18. The summed E-state index contributed by atoms with van der Waals surface area (Å²) in [7, 11) is 0. The van der Waals surface area contributed by atoms with Gasteiger partial charge in [-0.2, -0.15) is 5.26 Å². The number of ether oxygens (including phenoxy) is 1. The number of benzene rings is 2. The zero-order valence-electron chi connectivity index (χ0n) is 13.4. The molecule has 1 N–H and O–H groups in total. The van der Waals surface area contributed by atoms with E-state index in [1.165, 1.54) is 5.56 Å². The summed E-state index contributed by atoms with van der Waals surface area (Å²) in [6.45, 7) is 2.65. The van der Waals surface area contributed by atoms with Gasteiger partial charge in [0.15, 0.2) is 0 Å². The highest BCUT2D eigenvalue weighted by molar-refractivity contribution is 5.24. The molecule has 118 valence electrons. The van der Waals surface area contributed by atoms with E-state index < -0.39 is 5.54 Å². The summed E-state index contributed by atoms with van der Waals surface area (Å²) >= 11 is 0. The van der Waals surface area contributed by atoms with Crippen LogP contribution in [0.4, 0.5) is 0 Å². The van der Waals surface area contributed by atoms with Crippen molar-refractivity contribution in [2.45, 2.75) is 44.1 Å². The second kappa shape index (κ2) is 6.95. The highest BCUT2D eigenvalue weighted by Gasteiger charge is 2.49. The molecule has 2 aromatic rings. The third kappa shape index (κ3) is 3.44. The molecular formula is C20H22N2O. The predicted octanol–water partition coefficient (Wildman–Crippen LogP) is 3.98. The number of hydrogen-bond acceptors (Lipinski definition) is 3. The first-order chi connectivity index (χ1) is 11.2. The maximum atomic E-state index is 9.71. The Labute approximate surface area is 137 Å². The minimum atomic E-state index is -0.579. The first-order valence-electron chi connectivity index (χ1n) is 8.13. The van der Waals surface area contributed by atoms with E-state index in [2.05, 4.69) is 30.4 Å². The maximum Gasteiger partial charge on any atom is 0.133 e. The standard InChI is InChI=1S/C20H22N2O/c1-16(18-10-6-3-7-11-18)22-20(15-21)13-12-19(20)23-14-17-8-4-2-5-9-17/h2-11,16,19,22H,12-14H2,1H3/t16-,19+,20+/m0/s1. The maximum absolute atomic E-state index is 9.71. The molecule has 0 spiro atoms. The molecule has 2 aromatic carbocycles. The van der Waals surface area contributed by atoms with Gasteiger partial charge < -0.3 is 4.74 Å². The van der Waals surface area contributed by atoms with Crippen molar-refractivity contribution in [3.05, 3.63) is 71.8 Å². The molecule has 0 aliphatic heterocycles. The van der Waals surface area contributed by atoms with Gasteiger partial charge in [0.25, 0.3) is 0 Å². The average molecular weight is 306 g/mol. The van der Waals surface area contributed by atoms with Gasteiger partial charge in [0, 0.05) is 6.04 Å². The Morgan fingerprint density at radius 1 is 1.17 bits per heavy atom. The van der Waals surface area contributed by atoms with Crippen LogP contribution in [0.15, 0.2) is 60.7 Å². The number of hydrogen-bond donors (Lipinski definition) is 1. The Kier molecular flexibility index (Phi) is 4.76. The van der Waals surface area contributed by atoms with Gasteiger partial charge in [-0.05, 0) is 30.9 Å². The van der Waals surface area contributed by atoms with Gasteiger partial charge in [-0.3, -0.25) is 5.32 Å². The van der Waals surface area contributed by atoms with Crippen LogP contribution in [-0.2, 0) is 11.3 Å². The van der Waals surface area contributed by atoms with Gasteiger partial charge in [-0.25, -0.2) is 0 Å². The Bertz CT molecular complexity index is 665. The number of nitrogens with one attached hydrogen (secondary N) is 1. The van der Waals surface area contributed by atoms with Crippen molar-refractivity contribution >= 4 is 0 Å². The van der Waals surface area contributed by atoms with Crippen LogP contribution < -0.4 is 5.32 Å². The van der Waals surface area contributed by atoms with E-state index in [1.807, 2.05) is 48.5 Å². The molecule has 0 aromatic heterocycles. The van der Waals surface area contributed by atoms with E-state index in [0.717, 1.165) is 18.4 Å². The molecule has 3 rings (SSSR count). The molecule has 0 saturated heterocycles. The molecule has 3 heteroatoms. The zero-order chi connectivity index (χ0) is 16.1. The third-order valence-corrected chi connectivity index (χ3v) is 4.62. The largest absolute Gasteiger partial charge is 0.370 e. The molecule has 0 radical (unpaired) electrons. The van der Waals surface area contributed by atoms with E-state index in [0.29, 0.717) is 6.61 Å². The minimum absolute atomic E-state index is 0.0566. The second-order valence-electron chi connectivity index (χ2n) is 6.18. The summed E-state index contributed by atoms with van der Waals surface area (Å²) in [4.78, 5) is 0. The van der Waals surface area contributed by atoms with E-state index >= 15 is 0 Å². The minimum Gasteiger partial charge on any atom is -0.370 e. The summed E-state index contributed by atoms with van der Waals surface area (Å²) in [5, 5.41) is 13.2. The van der Waals surface area contributed by atoms with Crippen molar-refractivity contribution in [1.29, 1.82) is 5.26 Å². The fourth-order valence-electron chi connectivity index (χ4n) is 3.08. The molecule has 0 unspecified atom stereocenters. The van der Waals surface area contributed by atoms with E-state index in [-0.39, 0.29) is 12.1 Å². The lowest BCUT2D eigenvalue weighted by Crippen LogP contribution is -2.62. The molecule has 1 saturated carbocycles. The highest BCUT2D eigenvalue weighted by atomic mass is 16.5. The van der Waals surface area contributed by atoms with Crippen molar-refractivity contribution in [1.82, 2.24) is 5.32 Å². The third-order valence-electron chi connectivity index (χ3n) is 4.62. The van der Waals surface area contributed by atoms with Crippen molar-refractivity contribution in [2.24, 2.45) is 0 Å². The van der Waals surface area contributed by atoms with Gasteiger partial charge in [0.05, 0.1) is 18.8 Å². The van der Waals surface area contributed by atoms with Gasteiger partial charge in [-0.1, -0.05) is 60.7 Å². The van der Waals surface area contributed by atoms with Crippen LogP contribution in [0.5, 0.6) is 0 Å². The van der Waals surface area contributed by atoms with Gasteiger partial charge in [-0.15, -0.1) is 0 Å². The summed E-state index contributed by atoms with van der Waals surface area (Å²) in [5.74, 6) is 0. The van der Waals surface area contributed by atoms with E-state index in [1.54, 1.807) is 0 Å². The van der Waals surface area contributed by atoms with Crippen molar-refractivity contribution < 1.29 is 4.74 Å². The van der Waals surface area contributed by atoms with Crippen LogP contribution >= 0.6 is 0 Å². The normalized spacial score (nSPS) is 24.4. The monoisotopic (exact) mass is 306 g/mol. The Balaban J connectivity index is 1.63. The van der Waals surface area contributed by atoms with Crippen LogP contribution in [0.2, 0.25) is 0 Å². The van der Waals surface area contributed by atoms with Crippen molar-refractivity contribution in [2.75, 3.05) is 0 Å². The Morgan fingerprint density at radius 3 is 2.39 bits per heavy atom. The SMILES string of the molecule is C[C@H](N[C@@]1(C#N)CC[C@H]1OCc1ccccc1)c1ccccc1. The lowest BCUT2D eigenvalue weighted by atomic mass is 9.74. The van der Waals surface area contributed by atoms with Crippen LogP contribution in [0.3, 0.4) is 0 Å². The van der Waals surface area contributed by atoms with Crippen molar-refractivity contribution in [3.63, 3.8) is 0 Å². The van der Waals surface area contributed by atoms with Gasteiger partial charge in [0.2, 0.25) is 0 Å². The van der Waals surface area contributed by atoms with Crippen LogP contribution in [0.1, 0.15) is 36.9 Å². The fourth-order valence-corrected chi connectivity index (χ4v) is 3.08. The number of nitriles is 1. The predicted molar refractivity (Wildman–Crippen MR) is 90.6 cm³/mol. The molecule has 0 amide bonds. The lowest BCUT2D eigenvalue weighted by molar-refractivity contribution is -0.0674. The molecule has 1 fully saturated rings. The van der Waals surface area contributed by atoms with Gasteiger partial charge >= 0.3 is 0 Å². The molecular weight excluding hydrogens is 284 g/mol. The molecule has 1 aliphatic rings. The smallest absolute Gasteiger partial charge is 0.133 e. The van der Waals surface area contributed by atoms with E-state index in [4.69, 9.17) is 4.74 Å². The highest BCUT2D eigenvalue weighted by Crippen LogP contribution is 2.37. The summed E-state index contributed by atoms with van der Waals surface area (Å²) in [6.07, 6.45) is 1.70. The molecule has 1 aliphatic carbocycles. The number of rotatable bonds is 6. The van der Waals surface area contributed by atoms with Gasteiger partial charge in [0.1, 0.15) is 5.54 Å². The zero-order valence-corrected chi connectivity index (χ0v) is 13.4. The lowest BCUT2D eigenvalue weighted by Gasteiger charge is -2.46. The average Bonchev–Trinajstić information content (AvgIpc) is 2.60. The molecule has 0 heterocycles. The first kappa shape index (κ1) is 15.7. The summed E-state index contributed by atoms with van der Waals surface area (Å²) in [5.41, 5.74) is 1.75. The van der Waals surface area contributed by atoms with E-state index in [9.17, 15) is 5.26 Å². The Hall–Kier alpha value is -2.15. The topological polar surface area (TPSA) is 45.0 Å². The molecule has 3 nitrogen and oxygen atoms in total. The van der Waals surface area contributed by atoms with Crippen LogP contribution in [-0.4, -0.2) is 11.6 Å². The molecule has 0 bridgehead atoms.